The molecule has 2 heteroatoms. The number of rotatable bonds is 5. The molecule has 0 saturated carbocycles. The highest BCUT2D eigenvalue weighted by atomic mass is 16.3. The summed E-state index contributed by atoms with van der Waals surface area (Å²) in [6, 6.07) is 0.429. The van der Waals surface area contributed by atoms with E-state index in [-0.39, 0.29) is 0 Å². The first-order chi connectivity index (χ1) is 5.81. The first-order valence-electron chi connectivity index (χ1n) is 5.16. The zero-order valence-electron chi connectivity index (χ0n) is 8.29. The summed E-state index contributed by atoms with van der Waals surface area (Å²) in [6.45, 7) is 7.15. The van der Waals surface area contributed by atoms with Gasteiger partial charge in [0.05, 0.1) is 6.61 Å². The van der Waals surface area contributed by atoms with Crippen LogP contribution in [0.1, 0.15) is 33.1 Å². The standard InChI is InChI=1S/C10H21NO/c1-3-5-9-6-11(7-9)10(4-2)8-12/h9-10,12H,3-8H2,1-2H3. The molecule has 1 aliphatic heterocycles. The molecule has 12 heavy (non-hydrogen) atoms. The second-order valence-electron chi connectivity index (χ2n) is 3.85. The van der Waals surface area contributed by atoms with Crippen LogP contribution in [0.5, 0.6) is 0 Å². The van der Waals surface area contributed by atoms with Crippen molar-refractivity contribution in [3.63, 3.8) is 0 Å². The molecule has 1 atom stereocenters. The Morgan fingerprint density at radius 2 is 2.08 bits per heavy atom. The molecule has 72 valence electrons. The maximum absolute atomic E-state index is 9.04. The lowest BCUT2D eigenvalue weighted by Gasteiger charge is -2.43. The second-order valence-corrected chi connectivity index (χ2v) is 3.85. The molecular formula is C10H21NO. The number of hydrogen-bond acceptors (Lipinski definition) is 2. The van der Waals surface area contributed by atoms with Crippen LogP contribution in [0.2, 0.25) is 0 Å². The molecule has 1 unspecified atom stereocenters. The van der Waals surface area contributed by atoms with E-state index in [0.29, 0.717) is 12.6 Å². The van der Waals surface area contributed by atoms with Gasteiger partial charge in [0.1, 0.15) is 0 Å². The van der Waals surface area contributed by atoms with Crippen LogP contribution in [0.25, 0.3) is 0 Å². The maximum Gasteiger partial charge on any atom is 0.0586 e. The van der Waals surface area contributed by atoms with Crippen LogP contribution in [0.15, 0.2) is 0 Å². The fourth-order valence-corrected chi connectivity index (χ4v) is 2.00. The van der Waals surface area contributed by atoms with E-state index in [1.54, 1.807) is 0 Å². The van der Waals surface area contributed by atoms with Crippen LogP contribution in [0.4, 0.5) is 0 Å². The predicted octanol–water partition coefficient (Wildman–Crippen LogP) is 1.49. The Morgan fingerprint density at radius 3 is 2.50 bits per heavy atom. The SMILES string of the molecule is CCCC1CN(C(CC)CO)C1. The summed E-state index contributed by atoms with van der Waals surface area (Å²) in [5, 5.41) is 9.04. The molecule has 1 heterocycles. The summed E-state index contributed by atoms with van der Waals surface area (Å²) in [5.41, 5.74) is 0. The van der Waals surface area contributed by atoms with Crippen LogP contribution in [-0.2, 0) is 0 Å². The van der Waals surface area contributed by atoms with Crippen LogP contribution >= 0.6 is 0 Å². The van der Waals surface area contributed by atoms with Crippen molar-refractivity contribution in [2.75, 3.05) is 19.7 Å². The predicted molar refractivity (Wildman–Crippen MR) is 51.1 cm³/mol. The van der Waals surface area contributed by atoms with Crippen LogP contribution in [0.3, 0.4) is 0 Å². The number of aliphatic hydroxyl groups is 1. The molecule has 0 bridgehead atoms. The third-order valence-corrected chi connectivity index (χ3v) is 2.88. The normalized spacial score (nSPS) is 22.2. The highest BCUT2D eigenvalue weighted by Gasteiger charge is 2.29. The summed E-state index contributed by atoms with van der Waals surface area (Å²) in [4.78, 5) is 2.40. The zero-order valence-corrected chi connectivity index (χ0v) is 8.29. The van der Waals surface area contributed by atoms with Crippen molar-refractivity contribution >= 4 is 0 Å². The largest absolute Gasteiger partial charge is 0.395 e. The van der Waals surface area contributed by atoms with Gasteiger partial charge >= 0.3 is 0 Å². The summed E-state index contributed by atoms with van der Waals surface area (Å²) >= 11 is 0. The molecule has 0 aromatic heterocycles. The first kappa shape index (κ1) is 10.0. The lowest BCUT2D eigenvalue weighted by molar-refractivity contribution is 0.0189. The van der Waals surface area contributed by atoms with E-state index in [1.165, 1.54) is 25.9 Å². The molecule has 1 N–H and O–H groups in total. The van der Waals surface area contributed by atoms with Crippen LogP contribution in [0, 0.1) is 5.92 Å². The topological polar surface area (TPSA) is 23.5 Å². The average Bonchev–Trinajstić information content (AvgIpc) is 2.02. The number of hydrogen-bond donors (Lipinski definition) is 1. The molecule has 2 nitrogen and oxygen atoms in total. The molecule has 1 aliphatic rings. The van der Waals surface area contributed by atoms with Gasteiger partial charge in [-0.25, -0.2) is 0 Å². The van der Waals surface area contributed by atoms with Crippen molar-refractivity contribution in [3.8, 4) is 0 Å². The van der Waals surface area contributed by atoms with Crippen molar-refractivity contribution in [1.29, 1.82) is 0 Å². The first-order valence-corrected chi connectivity index (χ1v) is 5.16. The lowest BCUT2D eigenvalue weighted by Crippen LogP contribution is -2.53. The molecule has 0 aromatic rings. The van der Waals surface area contributed by atoms with Gasteiger partial charge in [-0.1, -0.05) is 20.3 Å². The van der Waals surface area contributed by atoms with Crippen molar-refractivity contribution in [3.05, 3.63) is 0 Å². The average molecular weight is 171 g/mol. The van der Waals surface area contributed by atoms with E-state index in [0.717, 1.165) is 12.3 Å². The Bertz CT molecular complexity index is 117. The van der Waals surface area contributed by atoms with Gasteiger partial charge in [-0.2, -0.15) is 0 Å². The second kappa shape index (κ2) is 4.83. The van der Waals surface area contributed by atoms with Gasteiger partial charge < -0.3 is 5.11 Å². The van der Waals surface area contributed by atoms with Gasteiger partial charge in [0.15, 0.2) is 0 Å². The number of likely N-dealkylation sites (tertiary alicyclic amines) is 1. The van der Waals surface area contributed by atoms with Gasteiger partial charge in [-0.15, -0.1) is 0 Å². The summed E-state index contributed by atoms with van der Waals surface area (Å²) in [7, 11) is 0. The highest BCUT2D eigenvalue weighted by Crippen LogP contribution is 2.23. The highest BCUT2D eigenvalue weighted by molar-refractivity contribution is 4.84. The van der Waals surface area contributed by atoms with Crippen molar-refractivity contribution in [2.24, 2.45) is 5.92 Å². The van der Waals surface area contributed by atoms with Gasteiger partial charge in [-0.3, -0.25) is 4.90 Å². The Balaban J connectivity index is 2.14. The van der Waals surface area contributed by atoms with Crippen molar-refractivity contribution in [2.45, 2.75) is 39.2 Å². The molecule has 0 aromatic carbocycles. The van der Waals surface area contributed by atoms with E-state index in [4.69, 9.17) is 5.11 Å². The van der Waals surface area contributed by atoms with E-state index in [9.17, 15) is 0 Å². The van der Waals surface area contributed by atoms with Crippen molar-refractivity contribution in [1.82, 2.24) is 4.90 Å². The number of aliphatic hydroxyl groups excluding tert-OH is 1. The minimum atomic E-state index is 0.329. The third kappa shape index (κ3) is 2.20. The van der Waals surface area contributed by atoms with E-state index in [1.807, 2.05) is 0 Å². The minimum absolute atomic E-state index is 0.329. The Hall–Kier alpha value is -0.0800. The molecular weight excluding hydrogens is 150 g/mol. The van der Waals surface area contributed by atoms with Crippen molar-refractivity contribution < 1.29 is 5.11 Å². The Labute approximate surface area is 75.6 Å². The summed E-state index contributed by atoms with van der Waals surface area (Å²) in [5.74, 6) is 0.913. The fraction of sp³-hybridized carbons (Fsp3) is 1.00. The fourth-order valence-electron chi connectivity index (χ4n) is 2.00. The van der Waals surface area contributed by atoms with E-state index < -0.39 is 0 Å². The van der Waals surface area contributed by atoms with Gasteiger partial charge in [-0.05, 0) is 18.8 Å². The Morgan fingerprint density at radius 1 is 1.42 bits per heavy atom. The summed E-state index contributed by atoms with van der Waals surface area (Å²) in [6.07, 6.45) is 3.74. The zero-order chi connectivity index (χ0) is 8.97. The molecule has 1 fully saturated rings. The summed E-state index contributed by atoms with van der Waals surface area (Å²) < 4.78 is 0. The number of nitrogens with zero attached hydrogens (tertiary/aromatic N) is 1. The van der Waals surface area contributed by atoms with Crippen LogP contribution < -0.4 is 0 Å². The van der Waals surface area contributed by atoms with Crippen LogP contribution in [-0.4, -0.2) is 35.7 Å². The lowest BCUT2D eigenvalue weighted by atomic mass is 9.93. The molecule has 0 spiro atoms. The minimum Gasteiger partial charge on any atom is -0.395 e. The van der Waals surface area contributed by atoms with Gasteiger partial charge in [0.2, 0.25) is 0 Å². The van der Waals surface area contributed by atoms with E-state index in [2.05, 4.69) is 18.7 Å². The molecule has 0 amide bonds. The monoisotopic (exact) mass is 171 g/mol. The quantitative estimate of drug-likeness (QED) is 0.677. The van der Waals surface area contributed by atoms with Gasteiger partial charge in [0, 0.05) is 19.1 Å². The molecule has 0 aliphatic carbocycles. The smallest absolute Gasteiger partial charge is 0.0586 e. The maximum atomic E-state index is 9.04. The molecule has 1 rings (SSSR count). The van der Waals surface area contributed by atoms with E-state index >= 15 is 0 Å². The Kier molecular flexibility index (Phi) is 4.02. The van der Waals surface area contributed by atoms with Gasteiger partial charge in [0.25, 0.3) is 0 Å². The third-order valence-electron chi connectivity index (χ3n) is 2.88. The molecule has 1 saturated heterocycles. The molecule has 0 radical (unpaired) electrons.